The second kappa shape index (κ2) is 6.26. The van der Waals surface area contributed by atoms with Crippen LogP contribution in [0.15, 0.2) is 11.6 Å². The van der Waals surface area contributed by atoms with Gasteiger partial charge in [0.15, 0.2) is 0 Å². The molecule has 0 unspecified atom stereocenters. The maximum absolute atomic E-state index is 11.8. The van der Waals surface area contributed by atoms with Gasteiger partial charge in [0.1, 0.15) is 5.01 Å². The summed E-state index contributed by atoms with van der Waals surface area (Å²) in [5, 5.41) is 5.87. The summed E-state index contributed by atoms with van der Waals surface area (Å²) < 4.78 is 0. The van der Waals surface area contributed by atoms with Gasteiger partial charge in [-0.3, -0.25) is 9.69 Å². The van der Waals surface area contributed by atoms with Crippen LogP contribution in [0.2, 0.25) is 0 Å². The molecule has 0 radical (unpaired) electrons. The molecule has 1 fully saturated rings. The van der Waals surface area contributed by atoms with E-state index in [2.05, 4.69) is 27.1 Å². The predicted octanol–water partition coefficient (Wildman–Crippen LogP) is 0.253. The van der Waals surface area contributed by atoms with Crippen molar-refractivity contribution in [3.8, 4) is 0 Å². The van der Waals surface area contributed by atoms with Crippen molar-refractivity contribution in [2.45, 2.75) is 6.54 Å². The minimum Gasteiger partial charge on any atom is -0.359 e. The van der Waals surface area contributed by atoms with Crippen LogP contribution in [0.3, 0.4) is 0 Å². The molecule has 0 saturated carbocycles. The van der Waals surface area contributed by atoms with E-state index in [1.807, 2.05) is 11.6 Å². The van der Waals surface area contributed by atoms with Crippen molar-refractivity contribution in [1.82, 2.24) is 20.1 Å². The van der Waals surface area contributed by atoms with Crippen LogP contribution < -0.4 is 5.32 Å². The zero-order valence-corrected chi connectivity index (χ0v) is 11.7. The maximum atomic E-state index is 11.8. The van der Waals surface area contributed by atoms with Crippen LogP contribution in [0.4, 0.5) is 0 Å². The topological polar surface area (TPSA) is 48.5 Å². The quantitative estimate of drug-likeness (QED) is 0.854. The molecule has 100 valence electrons. The number of hydrogen-bond donors (Lipinski definition) is 1. The molecule has 1 saturated heterocycles. The number of thiazole rings is 1. The van der Waals surface area contributed by atoms with Gasteiger partial charge in [-0.2, -0.15) is 0 Å². The Morgan fingerprint density at radius 2 is 2.39 bits per heavy atom. The van der Waals surface area contributed by atoms with Gasteiger partial charge < -0.3 is 10.2 Å². The Morgan fingerprint density at radius 1 is 1.56 bits per heavy atom. The first-order valence-electron chi connectivity index (χ1n) is 6.20. The standard InChI is InChI=1S/C12H20N4OS/c1-13-12(17)10-7-15(2)4-5-16(8-10)9-11-14-3-6-18-11/h3,6,10H,4-5,7-9H2,1-2H3,(H,13,17)/t10-/m1/s1. The number of amides is 1. The highest BCUT2D eigenvalue weighted by atomic mass is 32.1. The SMILES string of the molecule is CNC(=O)[C@@H]1CN(C)CCN(Cc2nccs2)C1. The number of nitrogens with one attached hydrogen (secondary N) is 1. The average Bonchev–Trinajstić information content (AvgIpc) is 2.79. The van der Waals surface area contributed by atoms with E-state index in [1.165, 1.54) is 0 Å². The van der Waals surface area contributed by atoms with E-state index in [0.717, 1.165) is 37.7 Å². The van der Waals surface area contributed by atoms with Crippen LogP contribution in [-0.2, 0) is 11.3 Å². The Labute approximate surface area is 112 Å². The van der Waals surface area contributed by atoms with Crippen molar-refractivity contribution in [1.29, 1.82) is 0 Å². The molecule has 1 aliphatic heterocycles. The molecule has 0 bridgehead atoms. The normalized spacial score (nSPS) is 22.7. The smallest absolute Gasteiger partial charge is 0.225 e. The molecule has 0 aliphatic carbocycles. The Bertz CT molecular complexity index is 381. The molecule has 0 spiro atoms. The van der Waals surface area contributed by atoms with Crippen LogP contribution in [0.1, 0.15) is 5.01 Å². The number of carbonyl (C=O) groups excluding carboxylic acids is 1. The van der Waals surface area contributed by atoms with Gasteiger partial charge in [0.05, 0.1) is 12.5 Å². The zero-order valence-electron chi connectivity index (χ0n) is 10.9. The first-order valence-corrected chi connectivity index (χ1v) is 7.08. The van der Waals surface area contributed by atoms with E-state index in [4.69, 9.17) is 0 Å². The number of likely N-dealkylation sites (N-methyl/N-ethyl adjacent to an activating group) is 1. The molecule has 1 aromatic rings. The summed E-state index contributed by atoms with van der Waals surface area (Å²) >= 11 is 1.67. The van der Waals surface area contributed by atoms with E-state index >= 15 is 0 Å². The van der Waals surface area contributed by atoms with Crippen LogP contribution in [0, 0.1) is 5.92 Å². The maximum Gasteiger partial charge on any atom is 0.225 e. The largest absolute Gasteiger partial charge is 0.359 e. The first kappa shape index (κ1) is 13.5. The van der Waals surface area contributed by atoms with E-state index in [-0.39, 0.29) is 11.8 Å². The van der Waals surface area contributed by atoms with Crippen LogP contribution in [0.5, 0.6) is 0 Å². The molecule has 1 N–H and O–H groups in total. The summed E-state index contributed by atoms with van der Waals surface area (Å²) in [4.78, 5) is 20.7. The van der Waals surface area contributed by atoms with E-state index < -0.39 is 0 Å². The monoisotopic (exact) mass is 268 g/mol. The molecule has 1 aromatic heterocycles. The van der Waals surface area contributed by atoms with Gasteiger partial charge in [-0.25, -0.2) is 4.98 Å². The van der Waals surface area contributed by atoms with Gasteiger partial charge >= 0.3 is 0 Å². The fourth-order valence-electron chi connectivity index (χ4n) is 2.28. The van der Waals surface area contributed by atoms with Crippen LogP contribution in [-0.4, -0.2) is 61.0 Å². The van der Waals surface area contributed by atoms with Crippen molar-refractivity contribution in [3.63, 3.8) is 0 Å². The molecular weight excluding hydrogens is 248 g/mol. The van der Waals surface area contributed by atoms with Crippen molar-refractivity contribution in [2.75, 3.05) is 40.3 Å². The fraction of sp³-hybridized carbons (Fsp3) is 0.667. The summed E-state index contributed by atoms with van der Waals surface area (Å²) in [6.45, 7) is 4.47. The third-order valence-electron chi connectivity index (χ3n) is 3.27. The lowest BCUT2D eigenvalue weighted by atomic mass is 10.1. The zero-order chi connectivity index (χ0) is 13.0. The average molecular weight is 268 g/mol. The molecule has 1 atom stereocenters. The summed E-state index contributed by atoms with van der Waals surface area (Å²) in [6.07, 6.45) is 1.83. The molecule has 5 nitrogen and oxygen atoms in total. The van der Waals surface area contributed by atoms with E-state index in [0.29, 0.717) is 0 Å². The lowest BCUT2D eigenvalue weighted by Gasteiger charge is -2.21. The number of aromatic nitrogens is 1. The second-order valence-corrected chi connectivity index (χ2v) is 5.71. The van der Waals surface area contributed by atoms with Gasteiger partial charge in [-0.1, -0.05) is 0 Å². The third kappa shape index (κ3) is 3.51. The highest BCUT2D eigenvalue weighted by molar-refractivity contribution is 7.09. The Balaban J connectivity index is 2.00. The highest BCUT2D eigenvalue weighted by Gasteiger charge is 2.26. The summed E-state index contributed by atoms with van der Waals surface area (Å²) in [7, 11) is 3.78. The van der Waals surface area contributed by atoms with Crippen molar-refractivity contribution in [3.05, 3.63) is 16.6 Å². The fourth-order valence-corrected chi connectivity index (χ4v) is 2.93. The molecule has 2 heterocycles. The Hall–Kier alpha value is -0.980. The van der Waals surface area contributed by atoms with Crippen LogP contribution >= 0.6 is 11.3 Å². The Kier molecular flexibility index (Phi) is 4.68. The molecular formula is C12H20N4OS. The van der Waals surface area contributed by atoms with Crippen LogP contribution in [0.25, 0.3) is 0 Å². The minimum absolute atomic E-state index is 0.0439. The molecule has 1 amide bonds. The van der Waals surface area contributed by atoms with Gasteiger partial charge in [0.2, 0.25) is 5.91 Å². The van der Waals surface area contributed by atoms with Crippen molar-refractivity contribution < 1.29 is 4.79 Å². The third-order valence-corrected chi connectivity index (χ3v) is 4.03. The van der Waals surface area contributed by atoms with Crippen molar-refractivity contribution in [2.24, 2.45) is 5.92 Å². The van der Waals surface area contributed by atoms with Crippen molar-refractivity contribution >= 4 is 17.2 Å². The molecule has 0 aromatic carbocycles. The molecule has 2 rings (SSSR count). The van der Waals surface area contributed by atoms with E-state index in [9.17, 15) is 4.79 Å². The van der Waals surface area contributed by atoms with Gasteiger partial charge in [-0.15, -0.1) is 11.3 Å². The molecule has 18 heavy (non-hydrogen) atoms. The summed E-state index contributed by atoms with van der Waals surface area (Å²) in [6, 6.07) is 0. The predicted molar refractivity (Wildman–Crippen MR) is 72.4 cm³/mol. The number of nitrogens with zero attached hydrogens (tertiary/aromatic N) is 3. The second-order valence-electron chi connectivity index (χ2n) is 4.73. The first-order chi connectivity index (χ1) is 8.69. The lowest BCUT2D eigenvalue weighted by molar-refractivity contribution is -0.125. The lowest BCUT2D eigenvalue weighted by Crippen LogP contribution is -2.39. The van der Waals surface area contributed by atoms with Gasteiger partial charge in [0.25, 0.3) is 0 Å². The Morgan fingerprint density at radius 3 is 3.06 bits per heavy atom. The highest BCUT2D eigenvalue weighted by Crippen LogP contribution is 2.13. The van der Waals surface area contributed by atoms with Gasteiger partial charge in [0, 0.05) is 44.8 Å². The number of carbonyl (C=O) groups is 1. The van der Waals surface area contributed by atoms with E-state index in [1.54, 1.807) is 18.4 Å². The summed E-state index contributed by atoms with van der Waals surface area (Å²) in [5.74, 6) is 0.176. The summed E-state index contributed by atoms with van der Waals surface area (Å²) in [5.41, 5.74) is 0. The van der Waals surface area contributed by atoms with Gasteiger partial charge in [-0.05, 0) is 7.05 Å². The number of rotatable bonds is 3. The molecule has 6 heteroatoms. The number of hydrogen-bond acceptors (Lipinski definition) is 5. The molecule has 1 aliphatic rings. The minimum atomic E-state index is 0.0439.